The van der Waals surface area contributed by atoms with Crippen molar-refractivity contribution in [3.05, 3.63) is 54.1 Å². The Bertz CT molecular complexity index is 557. The largest absolute Gasteiger partial charge is 0.399 e. The van der Waals surface area contributed by atoms with Gasteiger partial charge in [-0.05, 0) is 54.7 Å². The zero-order chi connectivity index (χ0) is 13.8. The minimum absolute atomic E-state index is 0.651. The predicted molar refractivity (Wildman–Crippen MR) is 86.4 cm³/mol. The highest BCUT2D eigenvalue weighted by molar-refractivity contribution is 5.66. The zero-order valence-electron chi connectivity index (χ0n) is 11.8. The van der Waals surface area contributed by atoms with Crippen LogP contribution in [0.2, 0.25) is 0 Å². The van der Waals surface area contributed by atoms with Gasteiger partial charge < -0.3 is 11.1 Å². The molecule has 0 spiro atoms. The standard InChI is InChI=1S/C18H22N2/c19-15-11-12-18(20-16-9-5-2-6-10-16)17(13-15)14-7-3-1-4-8-14/h2,5-6,9-14,20H,1,3-4,7-8,19H2. The highest BCUT2D eigenvalue weighted by Gasteiger charge is 2.18. The van der Waals surface area contributed by atoms with Crippen LogP contribution in [0.3, 0.4) is 0 Å². The lowest BCUT2D eigenvalue weighted by Gasteiger charge is -2.25. The van der Waals surface area contributed by atoms with Gasteiger partial charge in [0.05, 0.1) is 0 Å². The molecule has 2 aromatic carbocycles. The molecule has 0 aliphatic heterocycles. The molecule has 0 atom stereocenters. The summed E-state index contributed by atoms with van der Waals surface area (Å²) < 4.78 is 0. The van der Waals surface area contributed by atoms with Gasteiger partial charge in [-0.25, -0.2) is 0 Å². The van der Waals surface area contributed by atoms with Gasteiger partial charge >= 0.3 is 0 Å². The number of anilines is 3. The van der Waals surface area contributed by atoms with Gasteiger partial charge in [-0.15, -0.1) is 0 Å². The summed E-state index contributed by atoms with van der Waals surface area (Å²) in [5.74, 6) is 0.651. The Morgan fingerprint density at radius 2 is 1.65 bits per heavy atom. The normalized spacial score (nSPS) is 16.0. The van der Waals surface area contributed by atoms with E-state index in [1.807, 2.05) is 12.1 Å². The van der Waals surface area contributed by atoms with Crippen molar-refractivity contribution in [2.24, 2.45) is 0 Å². The molecular weight excluding hydrogens is 244 g/mol. The summed E-state index contributed by atoms with van der Waals surface area (Å²) in [6.07, 6.45) is 6.62. The second-order valence-corrected chi connectivity index (χ2v) is 5.67. The summed E-state index contributed by atoms with van der Waals surface area (Å²) >= 11 is 0. The van der Waals surface area contributed by atoms with E-state index in [-0.39, 0.29) is 0 Å². The highest BCUT2D eigenvalue weighted by atomic mass is 14.9. The third-order valence-corrected chi connectivity index (χ3v) is 4.17. The van der Waals surface area contributed by atoms with Crippen molar-refractivity contribution in [1.29, 1.82) is 0 Å². The molecular formula is C18H22N2. The first-order valence-corrected chi connectivity index (χ1v) is 7.54. The maximum atomic E-state index is 6.00. The molecule has 1 aliphatic carbocycles. The van der Waals surface area contributed by atoms with Crippen LogP contribution in [0.5, 0.6) is 0 Å². The topological polar surface area (TPSA) is 38.0 Å². The average molecular weight is 266 g/mol. The molecule has 1 fully saturated rings. The fourth-order valence-corrected chi connectivity index (χ4v) is 3.12. The van der Waals surface area contributed by atoms with E-state index in [1.54, 1.807) is 0 Å². The molecule has 1 saturated carbocycles. The number of hydrogen-bond donors (Lipinski definition) is 2. The molecule has 0 amide bonds. The number of nitrogens with two attached hydrogens (primary N) is 1. The van der Waals surface area contributed by atoms with Crippen LogP contribution in [-0.2, 0) is 0 Å². The molecule has 2 nitrogen and oxygen atoms in total. The molecule has 3 rings (SSSR count). The Morgan fingerprint density at radius 3 is 2.40 bits per heavy atom. The summed E-state index contributed by atoms with van der Waals surface area (Å²) in [4.78, 5) is 0. The van der Waals surface area contributed by atoms with E-state index in [2.05, 4.69) is 41.7 Å². The average Bonchev–Trinajstić information content (AvgIpc) is 2.51. The van der Waals surface area contributed by atoms with Crippen LogP contribution in [0.1, 0.15) is 43.6 Å². The number of benzene rings is 2. The molecule has 0 bridgehead atoms. The maximum Gasteiger partial charge on any atom is 0.0421 e. The zero-order valence-corrected chi connectivity index (χ0v) is 11.8. The Balaban J connectivity index is 1.89. The molecule has 0 saturated heterocycles. The van der Waals surface area contributed by atoms with Crippen molar-refractivity contribution in [3.63, 3.8) is 0 Å². The van der Waals surface area contributed by atoms with E-state index in [0.29, 0.717) is 5.92 Å². The van der Waals surface area contributed by atoms with Gasteiger partial charge in [-0.3, -0.25) is 0 Å². The van der Waals surface area contributed by atoms with Gasteiger partial charge in [0.25, 0.3) is 0 Å². The van der Waals surface area contributed by atoms with Crippen LogP contribution in [-0.4, -0.2) is 0 Å². The van der Waals surface area contributed by atoms with E-state index >= 15 is 0 Å². The van der Waals surface area contributed by atoms with Crippen molar-refractivity contribution >= 4 is 17.1 Å². The molecule has 20 heavy (non-hydrogen) atoms. The Hall–Kier alpha value is -1.96. The Labute approximate surface area is 121 Å². The lowest BCUT2D eigenvalue weighted by atomic mass is 9.83. The third-order valence-electron chi connectivity index (χ3n) is 4.17. The van der Waals surface area contributed by atoms with Crippen LogP contribution < -0.4 is 11.1 Å². The maximum absolute atomic E-state index is 6.00. The molecule has 104 valence electrons. The first-order chi connectivity index (χ1) is 9.83. The van der Waals surface area contributed by atoms with Crippen molar-refractivity contribution in [1.82, 2.24) is 0 Å². The van der Waals surface area contributed by atoms with Crippen LogP contribution in [0.15, 0.2) is 48.5 Å². The van der Waals surface area contributed by atoms with E-state index in [9.17, 15) is 0 Å². The quantitative estimate of drug-likeness (QED) is 0.762. The van der Waals surface area contributed by atoms with E-state index in [4.69, 9.17) is 5.73 Å². The lowest BCUT2D eigenvalue weighted by molar-refractivity contribution is 0.444. The van der Waals surface area contributed by atoms with Gasteiger partial charge in [-0.2, -0.15) is 0 Å². The summed E-state index contributed by atoms with van der Waals surface area (Å²) in [5, 5.41) is 3.54. The van der Waals surface area contributed by atoms with Crippen LogP contribution in [0, 0.1) is 0 Å². The number of nitrogen functional groups attached to an aromatic ring is 1. The monoisotopic (exact) mass is 266 g/mol. The summed E-state index contributed by atoms with van der Waals surface area (Å²) in [7, 11) is 0. The molecule has 1 aliphatic rings. The fraction of sp³-hybridized carbons (Fsp3) is 0.333. The Kier molecular flexibility index (Phi) is 3.91. The van der Waals surface area contributed by atoms with Crippen molar-refractivity contribution in [2.75, 3.05) is 11.1 Å². The van der Waals surface area contributed by atoms with Crippen molar-refractivity contribution in [3.8, 4) is 0 Å². The number of rotatable bonds is 3. The van der Waals surface area contributed by atoms with E-state index in [0.717, 1.165) is 11.4 Å². The Morgan fingerprint density at radius 1 is 0.900 bits per heavy atom. The van der Waals surface area contributed by atoms with Crippen LogP contribution in [0.4, 0.5) is 17.1 Å². The predicted octanol–water partition coefficient (Wildman–Crippen LogP) is 5.06. The highest BCUT2D eigenvalue weighted by Crippen LogP contribution is 2.38. The van der Waals surface area contributed by atoms with Gasteiger partial charge in [0.15, 0.2) is 0 Å². The molecule has 3 N–H and O–H groups in total. The minimum Gasteiger partial charge on any atom is -0.399 e. The number of hydrogen-bond acceptors (Lipinski definition) is 2. The second kappa shape index (κ2) is 6.00. The lowest BCUT2D eigenvalue weighted by Crippen LogP contribution is -2.08. The molecule has 2 heteroatoms. The first kappa shape index (κ1) is 13.0. The van der Waals surface area contributed by atoms with Crippen molar-refractivity contribution in [2.45, 2.75) is 38.0 Å². The molecule has 0 heterocycles. The summed E-state index contributed by atoms with van der Waals surface area (Å²) in [6.45, 7) is 0. The summed E-state index contributed by atoms with van der Waals surface area (Å²) in [5.41, 5.74) is 10.6. The second-order valence-electron chi connectivity index (χ2n) is 5.67. The first-order valence-electron chi connectivity index (χ1n) is 7.54. The SMILES string of the molecule is Nc1ccc(Nc2ccccc2)c(C2CCCCC2)c1. The van der Waals surface area contributed by atoms with E-state index in [1.165, 1.54) is 43.4 Å². The van der Waals surface area contributed by atoms with Gasteiger partial charge in [0.2, 0.25) is 0 Å². The smallest absolute Gasteiger partial charge is 0.0421 e. The van der Waals surface area contributed by atoms with Gasteiger partial charge in [0, 0.05) is 17.1 Å². The molecule has 0 aromatic heterocycles. The fourth-order valence-electron chi connectivity index (χ4n) is 3.12. The minimum atomic E-state index is 0.651. The van der Waals surface area contributed by atoms with Gasteiger partial charge in [0.1, 0.15) is 0 Å². The molecule has 2 aromatic rings. The van der Waals surface area contributed by atoms with Gasteiger partial charge in [-0.1, -0.05) is 37.5 Å². The molecule has 0 unspecified atom stereocenters. The number of para-hydroxylation sites is 1. The third kappa shape index (κ3) is 2.96. The molecule has 0 radical (unpaired) electrons. The van der Waals surface area contributed by atoms with Crippen LogP contribution >= 0.6 is 0 Å². The van der Waals surface area contributed by atoms with E-state index < -0.39 is 0 Å². The van der Waals surface area contributed by atoms with Crippen molar-refractivity contribution < 1.29 is 0 Å². The number of nitrogens with one attached hydrogen (secondary N) is 1. The van der Waals surface area contributed by atoms with Crippen LogP contribution in [0.25, 0.3) is 0 Å². The summed E-state index contributed by atoms with van der Waals surface area (Å²) in [6, 6.07) is 16.6.